The van der Waals surface area contributed by atoms with Crippen molar-refractivity contribution in [2.45, 2.75) is 26.3 Å². The van der Waals surface area contributed by atoms with E-state index in [9.17, 15) is 4.79 Å². The van der Waals surface area contributed by atoms with Crippen molar-refractivity contribution in [1.29, 1.82) is 0 Å². The zero-order valence-electron chi connectivity index (χ0n) is 18.6. The van der Waals surface area contributed by atoms with Crippen LogP contribution in [-0.4, -0.2) is 47.9 Å². The predicted octanol–water partition coefficient (Wildman–Crippen LogP) is 3.70. The Kier molecular flexibility index (Phi) is 6.02. The van der Waals surface area contributed by atoms with Gasteiger partial charge in [0.05, 0.1) is 43.9 Å². The van der Waals surface area contributed by atoms with E-state index >= 15 is 0 Å². The van der Waals surface area contributed by atoms with Crippen molar-refractivity contribution in [2.75, 3.05) is 32.6 Å². The minimum atomic E-state index is -0.0373. The molecule has 1 N–H and O–H groups in total. The molecule has 8 heteroatoms. The van der Waals surface area contributed by atoms with E-state index in [2.05, 4.69) is 45.0 Å². The van der Waals surface area contributed by atoms with Gasteiger partial charge in [0.1, 0.15) is 0 Å². The van der Waals surface area contributed by atoms with Crippen LogP contribution in [0.25, 0.3) is 0 Å². The maximum atomic E-state index is 13.0. The van der Waals surface area contributed by atoms with Crippen molar-refractivity contribution in [3.05, 3.63) is 57.0 Å². The zero-order valence-corrected chi connectivity index (χ0v) is 19.4. The summed E-state index contributed by atoms with van der Waals surface area (Å²) in [7, 11) is 5.19. The second kappa shape index (κ2) is 8.72. The van der Waals surface area contributed by atoms with Gasteiger partial charge in [-0.05, 0) is 55.0 Å². The van der Waals surface area contributed by atoms with Crippen LogP contribution in [0, 0.1) is 13.8 Å². The Labute approximate surface area is 186 Å². The Bertz CT molecular complexity index is 1090. The molecule has 4 rings (SSSR count). The van der Waals surface area contributed by atoms with Gasteiger partial charge in [-0.25, -0.2) is 0 Å². The van der Waals surface area contributed by atoms with Gasteiger partial charge >= 0.3 is 0 Å². The smallest absolute Gasteiger partial charge is 0.238 e. The van der Waals surface area contributed by atoms with Gasteiger partial charge < -0.3 is 14.8 Å². The fourth-order valence-corrected chi connectivity index (χ4v) is 5.14. The molecule has 2 aromatic heterocycles. The van der Waals surface area contributed by atoms with Crippen molar-refractivity contribution in [2.24, 2.45) is 7.05 Å². The number of carbonyl (C=O) groups excluding carboxylic acids is 1. The standard InChI is InChI=1S/C23H28N4O3S/c1-14-22(15(2)26(3)25-14)24-21(28)13-27-9-8-16-11-18(29-4)19(30-5)12-17(16)23(27)20-7-6-10-31-20/h6-7,10-12,23H,8-9,13H2,1-5H3,(H,24,28)/t23-/m1/s1. The number of aryl methyl sites for hydroxylation is 2. The SMILES string of the molecule is COc1cc2c(cc1OC)[C@H](c1cccs1)N(CC(=O)Nc1c(C)nn(C)c1C)CC2. The highest BCUT2D eigenvalue weighted by Crippen LogP contribution is 2.42. The number of ether oxygens (including phenoxy) is 2. The van der Waals surface area contributed by atoms with Crippen LogP contribution < -0.4 is 14.8 Å². The first-order valence-corrected chi connectivity index (χ1v) is 11.1. The Morgan fingerprint density at radius 1 is 1.26 bits per heavy atom. The lowest BCUT2D eigenvalue weighted by molar-refractivity contribution is -0.117. The maximum Gasteiger partial charge on any atom is 0.238 e. The molecule has 1 aliphatic rings. The molecule has 0 saturated carbocycles. The van der Waals surface area contributed by atoms with E-state index in [1.165, 1.54) is 10.4 Å². The number of rotatable bonds is 6. The topological polar surface area (TPSA) is 68.6 Å². The number of nitrogens with one attached hydrogen (secondary N) is 1. The molecule has 1 amide bonds. The molecule has 3 aromatic rings. The number of hydrogen-bond donors (Lipinski definition) is 1. The molecule has 31 heavy (non-hydrogen) atoms. The van der Waals surface area contributed by atoms with Crippen LogP contribution >= 0.6 is 11.3 Å². The van der Waals surface area contributed by atoms with E-state index in [0.717, 1.165) is 41.4 Å². The number of carbonyl (C=O) groups is 1. The largest absolute Gasteiger partial charge is 0.493 e. The quantitative estimate of drug-likeness (QED) is 0.633. The summed E-state index contributed by atoms with van der Waals surface area (Å²) < 4.78 is 12.9. The molecule has 0 saturated heterocycles. The first-order chi connectivity index (χ1) is 14.9. The Morgan fingerprint density at radius 3 is 2.61 bits per heavy atom. The molecule has 0 bridgehead atoms. The fraction of sp³-hybridized carbons (Fsp3) is 0.391. The Morgan fingerprint density at radius 2 is 2.00 bits per heavy atom. The van der Waals surface area contributed by atoms with Crippen molar-refractivity contribution in [3.8, 4) is 11.5 Å². The highest BCUT2D eigenvalue weighted by Gasteiger charge is 2.32. The van der Waals surface area contributed by atoms with Crippen LogP contribution in [0.1, 0.15) is 33.4 Å². The van der Waals surface area contributed by atoms with Crippen LogP contribution in [0.4, 0.5) is 5.69 Å². The van der Waals surface area contributed by atoms with Crippen molar-refractivity contribution < 1.29 is 14.3 Å². The lowest BCUT2D eigenvalue weighted by Gasteiger charge is -2.37. The number of hydrogen-bond acceptors (Lipinski definition) is 6. The molecule has 1 atom stereocenters. The summed E-state index contributed by atoms with van der Waals surface area (Å²) in [4.78, 5) is 16.4. The van der Waals surface area contributed by atoms with Gasteiger partial charge in [0.15, 0.2) is 11.5 Å². The third-order valence-corrected chi connectivity index (χ3v) is 6.83. The van der Waals surface area contributed by atoms with Crippen molar-refractivity contribution in [3.63, 3.8) is 0 Å². The van der Waals surface area contributed by atoms with Gasteiger partial charge in [-0.2, -0.15) is 5.10 Å². The first kappa shape index (κ1) is 21.4. The number of benzene rings is 1. The molecule has 0 radical (unpaired) electrons. The third-order valence-electron chi connectivity index (χ3n) is 5.91. The summed E-state index contributed by atoms with van der Waals surface area (Å²) in [6.45, 7) is 4.95. The summed E-state index contributed by atoms with van der Waals surface area (Å²) in [6.07, 6.45) is 0.843. The number of nitrogens with zero attached hydrogens (tertiary/aromatic N) is 3. The van der Waals surface area contributed by atoms with Crippen LogP contribution in [0.5, 0.6) is 11.5 Å². The van der Waals surface area contributed by atoms with E-state index in [-0.39, 0.29) is 11.9 Å². The summed E-state index contributed by atoms with van der Waals surface area (Å²) in [6, 6.07) is 8.29. The first-order valence-electron chi connectivity index (χ1n) is 10.2. The van der Waals surface area contributed by atoms with E-state index in [1.54, 1.807) is 30.2 Å². The lowest BCUT2D eigenvalue weighted by atomic mass is 9.91. The van der Waals surface area contributed by atoms with Crippen LogP contribution in [0.15, 0.2) is 29.6 Å². The number of methoxy groups -OCH3 is 2. The summed E-state index contributed by atoms with van der Waals surface area (Å²) in [5.74, 6) is 1.40. The fourth-order valence-electron chi connectivity index (χ4n) is 4.27. The molecular weight excluding hydrogens is 412 g/mol. The van der Waals surface area contributed by atoms with Crippen molar-refractivity contribution in [1.82, 2.24) is 14.7 Å². The van der Waals surface area contributed by atoms with E-state index in [1.807, 2.05) is 20.9 Å². The molecular formula is C23H28N4O3S. The lowest BCUT2D eigenvalue weighted by Crippen LogP contribution is -2.41. The Hall–Kier alpha value is -2.84. The van der Waals surface area contributed by atoms with Crippen molar-refractivity contribution >= 4 is 22.9 Å². The average Bonchev–Trinajstić information content (AvgIpc) is 3.37. The second-order valence-corrected chi connectivity index (χ2v) is 8.74. The minimum Gasteiger partial charge on any atom is -0.493 e. The van der Waals surface area contributed by atoms with Crippen LogP contribution in [0.2, 0.25) is 0 Å². The molecule has 164 valence electrons. The molecule has 7 nitrogen and oxygen atoms in total. The number of amides is 1. The number of fused-ring (bicyclic) bond motifs is 1. The van der Waals surface area contributed by atoms with Gasteiger partial charge in [-0.15, -0.1) is 11.3 Å². The molecule has 1 aromatic carbocycles. The minimum absolute atomic E-state index is 0.00889. The monoisotopic (exact) mass is 440 g/mol. The van der Waals surface area contributed by atoms with Gasteiger partial charge in [0.2, 0.25) is 5.91 Å². The zero-order chi connectivity index (χ0) is 22.1. The molecule has 0 fully saturated rings. The summed E-state index contributed by atoms with van der Waals surface area (Å²) in [5, 5.41) is 9.54. The third kappa shape index (κ3) is 4.05. The number of anilines is 1. The Balaban J connectivity index is 1.64. The molecule has 0 unspecified atom stereocenters. The summed E-state index contributed by atoms with van der Waals surface area (Å²) >= 11 is 1.70. The molecule has 0 spiro atoms. The number of thiophene rings is 1. The summed E-state index contributed by atoms with van der Waals surface area (Å²) in [5.41, 5.74) is 4.95. The highest BCUT2D eigenvalue weighted by molar-refractivity contribution is 7.10. The normalized spacial score (nSPS) is 16.1. The molecule has 1 aliphatic heterocycles. The predicted molar refractivity (Wildman–Crippen MR) is 122 cm³/mol. The maximum absolute atomic E-state index is 13.0. The molecule has 0 aliphatic carbocycles. The van der Waals surface area contributed by atoms with E-state index < -0.39 is 0 Å². The van der Waals surface area contributed by atoms with Gasteiger partial charge in [0.25, 0.3) is 0 Å². The average molecular weight is 441 g/mol. The van der Waals surface area contributed by atoms with Gasteiger partial charge in [0, 0.05) is 18.5 Å². The van der Waals surface area contributed by atoms with E-state index in [4.69, 9.17) is 9.47 Å². The second-order valence-electron chi connectivity index (χ2n) is 7.76. The van der Waals surface area contributed by atoms with E-state index in [0.29, 0.717) is 12.3 Å². The van der Waals surface area contributed by atoms with Crippen LogP contribution in [0.3, 0.4) is 0 Å². The van der Waals surface area contributed by atoms with Crippen LogP contribution in [-0.2, 0) is 18.3 Å². The number of aromatic nitrogens is 2. The van der Waals surface area contributed by atoms with Gasteiger partial charge in [-0.1, -0.05) is 6.07 Å². The van der Waals surface area contributed by atoms with Gasteiger partial charge in [-0.3, -0.25) is 14.4 Å². The molecule has 3 heterocycles. The highest BCUT2D eigenvalue weighted by atomic mass is 32.1.